The van der Waals surface area contributed by atoms with Crippen LogP contribution >= 0.6 is 0 Å². The van der Waals surface area contributed by atoms with Crippen LogP contribution in [0.5, 0.6) is 5.75 Å². The topological polar surface area (TPSA) is 92.5 Å². The van der Waals surface area contributed by atoms with Crippen molar-refractivity contribution < 1.29 is 28.6 Å². The van der Waals surface area contributed by atoms with Gasteiger partial charge in [-0.05, 0) is 36.8 Å². The molecule has 0 radical (unpaired) electrons. The lowest BCUT2D eigenvalue weighted by Gasteiger charge is -2.31. The monoisotopic (exact) mass is 426 g/mol. The Hall–Kier alpha value is -3.10. The Labute approximate surface area is 180 Å². The zero-order valence-electron chi connectivity index (χ0n) is 17.5. The van der Waals surface area contributed by atoms with Crippen molar-refractivity contribution in [2.75, 3.05) is 46.0 Å². The molecule has 164 valence electrons. The molecule has 0 aliphatic carbocycles. The van der Waals surface area contributed by atoms with Crippen LogP contribution in [0.1, 0.15) is 29.1 Å². The van der Waals surface area contributed by atoms with Gasteiger partial charge in [-0.2, -0.15) is 0 Å². The van der Waals surface area contributed by atoms with Crippen LogP contribution in [-0.4, -0.2) is 72.6 Å². The molecule has 2 aromatic rings. The number of nitrogens with zero attached hydrogens (tertiary/aromatic N) is 2. The number of hydrogen-bond donors (Lipinski definition) is 1. The van der Waals surface area contributed by atoms with Gasteiger partial charge in [0.15, 0.2) is 11.5 Å². The number of morpholine rings is 1. The van der Waals surface area contributed by atoms with Crippen molar-refractivity contribution in [3.8, 4) is 5.75 Å². The lowest BCUT2D eigenvalue weighted by Crippen LogP contribution is -2.43. The van der Waals surface area contributed by atoms with Crippen LogP contribution in [0.25, 0.3) is 0 Å². The number of hydrogen-bond acceptors (Lipinski definition) is 7. The third-order valence-electron chi connectivity index (χ3n) is 5.56. The molecule has 1 amide bonds. The average molecular weight is 426 g/mol. The Morgan fingerprint density at radius 1 is 1.16 bits per heavy atom. The number of furan rings is 1. The number of aliphatic hydroxyl groups excluding tert-OH is 1. The van der Waals surface area contributed by atoms with E-state index < -0.39 is 23.5 Å². The summed E-state index contributed by atoms with van der Waals surface area (Å²) in [6, 6.07) is 9.66. The normalized spacial score (nSPS) is 19.8. The molecule has 0 saturated carbocycles. The van der Waals surface area contributed by atoms with Gasteiger partial charge >= 0.3 is 0 Å². The third-order valence-corrected chi connectivity index (χ3v) is 5.56. The molecule has 1 N–H and O–H groups in total. The van der Waals surface area contributed by atoms with Crippen molar-refractivity contribution in [2.24, 2.45) is 0 Å². The fourth-order valence-electron chi connectivity index (χ4n) is 3.99. The predicted molar refractivity (Wildman–Crippen MR) is 112 cm³/mol. The maximum atomic E-state index is 13.1. The number of aliphatic hydroxyl groups is 1. The molecule has 0 unspecified atom stereocenters. The highest BCUT2D eigenvalue weighted by atomic mass is 16.5. The highest BCUT2D eigenvalue weighted by Crippen LogP contribution is 2.39. The second-order valence-electron chi connectivity index (χ2n) is 7.43. The summed E-state index contributed by atoms with van der Waals surface area (Å²) >= 11 is 0. The van der Waals surface area contributed by atoms with Gasteiger partial charge in [0.05, 0.1) is 37.7 Å². The number of ether oxygens (including phenoxy) is 2. The fraction of sp³-hybridized carbons (Fsp3) is 0.391. The zero-order chi connectivity index (χ0) is 21.8. The smallest absolute Gasteiger partial charge is 0.290 e. The van der Waals surface area contributed by atoms with Crippen LogP contribution in [0.15, 0.2) is 58.4 Å². The van der Waals surface area contributed by atoms with Gasteiger partial charge in [-0.3, -0.25) is 14.5 Å². The van der Waals surface area contributed by atoms with E-state index >= 15 is 0 Å². The number of ketones is 1. The number of carbonyl (C=O) groups excluding carboxylic acids is 2. The molecule has 31 heavy (non-hydrogen) atoms. The van der Waals surface area contributed by atoms with E-state index in [2.05, 4.69) is 4.90 Å². The fourth-order valence-corrected chi connectivity index (χ4v) is 3.99. The molecule has 1 aromatic carbocycles. The summed E-state index contributed by atoms with van der Waals surface area (Å²) in [6.45, 7) is 6.31. The maximum Gasteiger partial charge on any atom is 0.290 e. The minimum absolute atomic E-state index is 0.0334. The highest BCUT2D eigenvalue weighted by Gasteiger charge is 2.44. The van der Waals surface area contributed by atoms with Crippen LogP contribution in [0.3, 0.4) is 0 Å². The molecule has 0 spiro atoms. The average Bonchev–Trinajstić information content (AvgIpc) is 3.41. The first kappa shape index (κ1) is 21.1. The van der Waals surface area contributed by atoms with Crippen LogP contribution in [0.4, 0.5) is 0 Å². The molecule has 0 bridgehead atoms. The maximum absolute atomic E-state index is 13.1. The van der Waals surface area contributed by atoms with Crippen molar-refractivity contribution in [1.82, 2.24) is 9.80 Å². The third kappa shape index (κ3) is 4.35. The quantitative estimate of drug-likeness (QED) is 0.649. The molecule has 8 nitrogen and oxygen atoms in total. The number of benzene rings is 1. The van der Waals surface area contributed by atoms with Crippen molar-refractivity contribution in [1.29, 1.82) is 0 Å². The Morgan fingerprint density at radius 3 is 2.55 bits per heavy atom. The van der Waals surface area contributed by atoms with Crippen LogP contribution in [-0.2, 0) is 9.53 Å². The number of Topliss-reactive ketones (excluding diaryl/α,β-unsaturated/α-hetero) is 1. The molecule has 2 aliphatic rings. The number of amides is 1. The Kier molecular flexibility index (Phi) is 6.39. The summed E-state index contributed by atoms with van der Waals surface area (Å²) in [4.78, 5) is 29.9. The number of carbonyl (C=O) groups is 2. The lowest BCUT2D eigenvalue weighted by molar-refractivity contribution is -0.129. The molecule has 8 heteroatoms. The van der Waals surface area contributed by atoms with Crippen molar-refractivity contribution >= 4 is 11.7 Å². The zero-order valence-corrected chi connectivity index (χ0v) is 17.5. The highest BCUT2D eigenvalue weighted by molar-refractivity contribution is 6.15. The van der Waals surface area contributed by atoms with E-state index in [0.717, 1.165) is 18.7 Å². The first-order valence-electron chi connectivity index (χ1n) is 10.4. The molecule has 3 heterocycles. The summed E-state index contributed by atoms with van der Waals surface area (Å²) in [7, 11) is 0. The van der Waals surface area contributed by atoms with Gasteiger partial charge in [0.2, 0.25) is 5.78 Å². The number of rotatable bonds is 8. The van der Waals surface area contributed by atoms with E-state index in [1.807, 2.05) is 19.1 Å². The standard InChI is InChI=1S/C23H26N2O6/c1-2-30-17-7-5-16(6-8-17)20-19(21(26)18-4-3-13-31-18)22(27)23(28)25(20)10-9-24-11-14-29-15-12-24/h3-8,13,20,27H,2,9-12,14-15H2,1H3/t20-/m1/s1. The molecule has 4 rings (SSSR count). The van der Waals surface area contributed by atoms with E-state index in [9.17, 15) is 14.7 Å². The van der Waals surface area contributed by atoms with Gasteiger partial charge in [-0.15, -0.1) is 0 Å². The Balaban J connectivity index is 1.65. The van der Waals surface area contributed by atoms with Crippen molar-refractivity contribution in [3.63, 3.8) is 0 Å². The second-order valence-corrected chi connectivity index (χ2v) is 7.43. The van der Waals surface area contributed by atoms with Crippen molar-refractivity contribution in [2.45, 2.75) is 13.0 Å². The van der Waals surface area contributed by atoms with E-state index in [-0.39, 0.29) is 11.3 Å². The summed E-state index contributed by atoms with van der Waals surface area (Å²) < 4.78 is 16.1. The molecule has 1 aromatic heterocycles. The van der Waals surface area contributed by atoms with Crippen molar-refractivity contribution in [3.05, 3.63) is 65.3 Å². The molecule has 1 fully saturated rings. The Morgan fingerprint density at radius 2 is 1.90 bits per heavy atom. The van der Waals surface area contributed by atoms with E-state index in [4.69, 9.17) is 13.9 Å². The largest absolute Gasteiger partial charge is 0.503 e. The van der Waals surface area contributed by atoms with Crippen LogP contribution < -0.4 is 4.74 Å². The molecular formula is C23H26N2O6. The van der Waals surface area contributed by atoms with Gasteiger partial charge in [-0.1, -0.05) is 12.1 Å². The Bertz CT molecular complexity index is 945. The van der Waals surface area contributed by atoms with Gasteiger partial charge < -0.3 is 23.9 Å². The summed E-state index contributed by atoms with van der Waals surface area (Å²) in [6.07, 6.45) is 1.39. The minimum atomic E-state index is -0.707. The minimum Gasteiger partial charge on any atom is -0.503 e. The lowest BCUT2D eigenvalue weighted by atomic mass is 9.95. The summed E-state index contributed by atoms with van der Waals surface area (Å²) in [5, 5.41) is 10.7. The van der Waals surface area contributed by atoms with E-state index in [0.29, 0.717) is 38.7 Å². The molecule has 2 aliphatic heterocycles. The van der Waals surface area contributed by atoms with E-state index in [1.165, 1.54) is 12.3 Å². The van der Waals surface area contributed by atoms with Gasteiger partial charge in [-0.25, -0.2) is 0 Å². The predicted octanol–water partition coefficient (Wildman–Crippen LogP) is 2.59. The summed E-state index contributed by atoms with van der Waals surface area (Å²) in [5.74, 6) is -0.796. The molecule has 1 atom stereocenters. The second kappa shape index (κ2) is 9.36. The molecular weight excluding hydrogens is 400 g/mol. The van der Waals surface area contributed by atoms with Gasteiger partial charge in [0.1, 0.15) is 5.75 Å². The summed E-state index contributed by atoms with van der Waals surface area (Å²) in [5.41, 5.74) is 0.754. The van der Waals surface area contributed by atoms with Crippen LogP contribution in [0, 0.1) is 0 Å². The van der Waals surface area contributed by atoms with Gasteiger partial charge in [0.25, 0.3) is 5.91 Å². The molecule has 1 saturated heterocycles. The van der Waals surface area contributed by atoms with Crippen LogP contribution in [0.2, 0.25) is 0 Å². The van der Waals surface area contributed by atoms with E-state index in [1.54, 1.807) is 23.1 Å². The van der Waals surface area contributed by atoms with Gasteiger partial charge in [0, 0.05) is 26.2 Å². The first-order chi connectivity index (χ1) is 15.1. The SMILES string of the molecule is CCOc1ccc([C@@H]2C(C(=O)c3ccco3)=C(O)C(=O)N2CCN2CCOCC2)cc1. The first-order valence-corrected chi connectivity index (χ1v) is 10.4.